The highest BCUT2D eigenvalue weighted by molar-refractivity contribution is 5.75. The lowest BCUT2D eigenvalue weighted by molar-refractivity contribution is -0.142. The van der Waals surface area contributed by atoms with E-state index in [2.05, 4.69) is 0 Å². The van der Waals surface area contributed by atoms with E-state index >= 15 is 0 Å². The first-order valence-corrected chi connectivity index (χ1v) is 5.59. The number of rotatable bonds is 3. The number of likely N-dealkylation sites (tertiary alicyclic amines) is 1. The Hall–Kier alpha value is -1.26. The molecule has 0 radical (unpaired) electrons. The van der Waals surface area contributed by atoms with Gasteiger partial charge in [-0.05, 0) is 19.3 Å². The number of ether oxygens (including phenoxy) is 1. The van der Waals surface area contributed by atoms with Gasteiger partial charge in [0, 0.05) is 12.6 Å². The number of hydrogen-bond donors (Lipinski definition) is 1. The van der Waals surface area contributed by atoms with Crippen LogP contribution in [0, 0.1) is 11.8 Å². The van der Waals surface area contributed by atoms with Crippen LogP contribution in [0.25, 0.3) is 0 Å². The van der Waals surface area contributed by atoms with Crippen molar-refractivity contribution in [2.24, 2.45) is 11.8 Å². The first-order valence-electron chi connectivity index (χ1n) is 5.59. The number of carbonyl (C=O) groups excluding carboxylic acids is 1. The van der Waals surface area contributed by atoms with Gasteiger partial charge in [-0.1, -0.05) is 13.8 Å². The molecule has 0 spiro atoms. The van der Waals surface area contributed by atoms with Crippen LogP contribution in [0.15, 0.2) is 0 Å². The first kappa shape index (κ1) is 12.8. The standard InChI is InChI=1S/C11H19NO4/c1-7(2)6-16-11(15)12-5-4-9(8(12)3)10(13)14/h7-9H,4-6H2,1-3H3,(H,13,14). The molecule has 0 aromatic carbocycles. The molecule has 1 N–H and O–H groups in total. The van der Waals surface area contributed by atoms with Crippen molar-refractivity contribution in [1.82, 2.24) is 4.90 Å². The van der Waals surface area contributed by atoms with Crippen LogP contribution in [0.4, 0.5) is 4.79 Å². The highest BCUT2D eigenvalue weighted by atomic mass is 16.6. The van der Waals surface area contributed by atoms with E-state index in [0.29, 0.717) is 19.6 Å². The summed E-state index contributed by atoms with van der Waals surface area (Å²) >= 11 is 0. The summed E-state index contributed by atoms with van der Waals surface area (Å²) in [7, 11) is 0. The minimum atomic E-state index is -0.841. The lowest BCUT2D eigenvalue weighted by atomic mass is 10.0. The summed E-state index contributed by atoms with van der Waals surface area (Å²) in [5, 5.41) is 8.92. The third-order valence-corrected chi connectivity index (χ3v) is 2.85. The van der Waals surface area contributed by atoms with Crippen LogP contribution in [-0.4, -0.2) is 41.3 Å². The Morgan fingerprint density at radius 3 is 2.56 bits per heavy atom. The van der Waals surface area contributed by atoms with Gasteiger partial charge < -0.3 is 14.7 Å². The molecule has 2 unspecified atom stereocenters. The summed E-state index contributed by atoms with van der Waals surface area (Å²) in [5.41, 5.74) is 0. The molecular weight excluding hydrogens is 210 g/mol. The third kappa shape index (κ3) is 2.87. The van der Waals surface area contributed by atoms with Crippen LogP contribution in [0.3, 0.4) is 0 Å². The van der Waals surface area contributed by atoms with Crippen LogP contribution in [-0.2, 0) is 9.53 Å². The molecule has 5 nitrogen and oxygen atoms in total. The second-order valence-corrected chi connectivity index (χ2v) is 4.64. The molecule has 0 aliphatic carbocycles. The van der Waals surface area contributed by atoms with E-state index < -0.39 is 18.0 Å². The summed E-state index contributed by atoms with van der Waals surface area (Å²) in [6, 6.07) is -0.280. The predicted molar refractivity (Wildman–Crippen MR) is 58.1 cm³/mol. The first-order chi connectivity index (χ1) is 7.43. The Morgan fingerprint density at radius 1 is 1.50 bits per heavy atom. The van der Waals surface area contributed by atoms with Crippen molar-refractivity contribution in [3.63, 3.8) is 0 Å². The second kappa shape index (κ2) is 5.18. The normalized spacial score (nSPS) is 24.9. The minimum absolute atomic E-state index is 0.280. The van der Waals surface area contributed by atoms with Gasteiger partial charge in [0.05, 0.1) is 12.5 Å². The molecule has 1 aliphatic rings. The summed E-state index contributed by atoms with van der Waals surface area (Å²) < 4.78 is 5.08. The lowest BCUT2D eigenvalue weighted by Crippen LogP contribution is -2.38. The Balaban J connectivity index is 2.49. The fourth-order valence-corrected chi connectivity index (χ4v) is 1.85. The van der Waals surface area contributed by atoms with Crippen LogP contribution in [0.1, 0.15) is 27.2 Å². The van der Waals surface area contributed by atoms with Crippen molar-refractivity contribution < 1.29 is 19.4 Å². The molecule has 0 bridgehead atoms. The summed E-state index contributed by atoms with van der Waals surface area (Å²) in [4.78, 5) is 24.0. The molecule has 2 atom stereocenters. The smallest absolute Gasteiger partial charge is 0.410 e. The van der Waals surface area contributed by atoms with Gasteiger partial charge in [0.1, 0.15) is 0 Å². The molecule has 1 saturated heterocycles. The van der Waals surface area contributed by atoms with Gasteiger partial charge in [-0.15, -0.1) is 0 Å². The number of aliphatic carboxylic acids is 1. The number of nitrogens with zero attached hydrogens (tertiary/aromatic N) is 1. The van der Waals surface area contributed by atoms with Crippen LogP contribution < -0.4 is 0 Å². The van der Waals surface area contributed by atoms with E-state index in [-0.39, 0.29) is 12.0 Å². The topological polar surface area (TPSA) is 66.8 Å². The maximum atomic E-state index is 11.6. The SMILES string of the molecule is CC(C)COC(=O)N1CCC(C(=O)O)C1C. The van der Waals surface area contributed by atoms with Crippen LogP contribution >= 0.6 is 0 Å². The van der Waals surface area contributed by atoms with Gasteiger partial charge >= 0.3 is 12.1 Å². The predicted octanol–water partition coefficient (Wildman–Crippen LogP) is 1.57. The Kier molecular flexibility index (Phi) is 4.15. The largest absolute Gasteiger partial charge is 0.481 e. The quantitative estimate of drug-likeness (QED) is 0.797. The van der Waals surface area contributed by atoms with Gasteiger partial charge in [0.2, 0.25) is 0 Å². The van der Waals surface area contributed by atoms with Crippen LogP contribution in [0.5, 0.6) is 0 Å². The lowest BCUT2D eigenvalue weighted by Gasteiger charge is -2.23. The molecule has 92 valence electrons. The molecule has 5 heteroatoms. The molecule has 1 fully saturated rings. The van der Waals surface area contributed by atoms with Gasteiger partial charge in [0.25, 0.3) is 0 Å². The molecular formula is C11H19NO4. The maximum absolute atomic E-state index is 11.6. The Labute approximate surface area is 95.4 Å². The Morgan fingerprint density at radius 2 is 2.12 bits per heavy atom. The summed E-state index contributed by atoms with van der Waals surface area (Å²) in [5.74, 6) is -1.02. The van der Waals surface area contributed by atoms with Crippen molar-refractivity contribution in [3.05, 3.63) is 0 Å². The fourth-order valence-electron chi connectivity index (χ4n) is 1.85. The maximum Gasteiger partial charge on any atom is 0.410 e. The molecule has 1 rings (SSSR count). The average molecular weight is 229 g/mol. The highest BCUT2D eigenvalue weighted by Gasteiger charge is 2.38. The number of carbonyl (C=O) groups is 2. The number of amides is 1. The highest BCUT2D eigenvalue weighted by Crippen LogP contribution is 2.24. The van der Waals surface area contributed by atoms with E-state index in [1.807, 2.05) is 13.8 Å². The third-order valence-electron chi connectivity index (χ3n) is 2.85. The van der Waals surface area contributed by atoms with E-state index in [1.54, 1.807) is 6.92 Å². The summed E-state index contributed by atoms with van der Waals surface area (Å²) in [6.45, 7) is 6.51. The van der Waals surface area contributed by atoms with Crippen LogP contribution in [0.2, 0.25) is 0 Å². The molecule has 1 aliphatic heterocycles. The van der Waals surface area contributed by atoms with E-state index in [1.165, 1.54) is 4.90 Å². The number of hydrogen-bond acceptors (Lipinski definition) is 3. The van der Waals surface area contributed by atoms with Crippen molar-refractivity contribution in [2.45, 2.75) is 33.2 Å². The van der Waals surface area contributed by atoms with Crippen molar-refractivity contribution in [3.8, 4) is 0 Å². The van der Waals surface area contributed by atoms with Gasteiger partial charge in [-0.3, -0.25) is 4.79 Å². The van der Waals surface area contributed by atoms with Gasteiger partial charge in [-0.25, -0.2) is 4.79 Å². The number of carboxylic acids is 1. The van der Waals surface area contributed by atoms with Gasteiger partial charge in [0.15, 0.2) is 0 Å². The van der Waals surface area contributed by atoms with Crippen molar-refractivity contribution >= 4 is 12.1 Å². The van der Waals surface area contributed by atoms with Gasteiger partial charge in [-0.2, -0.15) is 0 Å². The van der Waals surface area contributed by atoms with E-state index in [0.717, 1.165) is 0 Å². The number of carboxylic acid groups (broad SMARTS) is 1. The monoisotopic (exact) mass is 229 g/mol. The molecule has 1 amide bonds. The zero-order chi connectivity index (χ0) is 12.3. The molecule has 0 aromatic heterocycles. The van der Waals surface area contributed by atoms with E-state index in [4.69, 9.17) is 9.84 Å². The summed E-state index contributed by atoms with van der Waals surface area (Å²) in [6.07, 6.45) is 0.109. The fraction of sp³-hybridized carbons (Fsp3) is 0.818. The zero-order valence-electron chi connectivity index (χ0n) is 9.97. The molecule has 1 heterocycles. The second-order valence-electron chi connectivity index (χ2n) is 4.64. The molecule has 0 saturated carbocycles. The van der Waals surface area contributed by atoms with E-state index in [9.17, 15) is 9.59 Å². The molecule has 0 aromatic rings. The van der Waals surface area contributed by atoms with Crippen molar-refractivity contribution in [2.75, 3.05) is 13.2 Å². The zero-order valence-corrected chi connectivity index (χ0v) is 9.97. The average Bonchev–Trinajstić information content (AvgIpc) is 2.56. The Bertz CT molecular complexity index is 277. The molecule has 16 heavy (non-hydrogen) atoms. The minimum Gasteiger partial charge on any atom is -0.481 e. The van der Waals surface area contributed by atoms with Crippen molar-refractivity contribution in [1.29, 1.82) is 0 Å².